The third-order valence-corrected chi connectivity index (χ3v) is 3.45. The molecule has 0 aliphatic heterocycles. The van der Waals surface area contributed by atoms with Crippen LogP contribution in [0.5, 0.6) is 5.75 Å². The van der Waals surface area contributed by atoms with Gasteiger partial charge in [-0.25, -0.2) is 0 Å². The minimum absolute atomic E-state index is 0.0428. The van der Waals surface area contributed by atoms with Crippen LogP contribution in [-0.2, 0) is 4.74 Å². The van der Waals surface area contributed by atoms with Crippen molar-refractivity contribution in [3.63, 3.8) is 0 Å². The topological polar surface area (TPSA) is 43.6 Å². The number of nitrogens with one attached hydrogen (secondary N) is 1. The summed E-state index contributed by atoms with van der Waals surface area (Å²) in [7, 11) is 3.61. The summed E-state index contributed by atoms with van der Waals surface area (Å²) in [5.41, 5.74) is 2.23. The number of hydrogen-bond donors (Lipinski definition) is 1. The van der Waals surface area contributed by atoms with Crippen LogP contribution in [0, 0.1) is 13.8 Å². The maximum Gasteiger partial charge on any atom is 0.124 e. The Morgan fingerprint density at radius 2 is 1.90 bits per heavy atom. The van der Waals surface area contributed by atoms with Gasteiger partial charge in [-0.2, -0.15) is 0 Å². The van der Waals surface area contributed by atoms with E-state index in [1.54, 1.807) is 7.11 Å². The lowest BCUT2D eigenvalue weighted by Crippen LogP contribution is -2.19. The molecule has 0 saturated carbocycles. The fraction of sp³-hybridized carbons (Fsp3) is 0.412. The van der Waals surface area contributed by atoms with Crippen LogP contribution in [-0.4, -0.2) is 27.4 Å². The van der Waals surface area contributed by atoms with Gasteiger partial charge in [-0.15, -0.1) is 0 Å². The molecule has 2 rings (SSSR count). The smallest absolute Gasteiger partial charge is 0.124 e. The number of aryl methyl sites for hydroxylation is 2. The van der Waals surface area contributed by atoms with Crippen molar-refractivity contribution in [2.75, 3.05) is 27.4 Å². The largest absolute Gasteiger partial charge is 0.491 e. The monoisotopic (exact) mass is 289 g/mol. The van der Waals surface area contributed by atoms with Crippen LogP contribution in [0.3, 0.4) is 0 Å². The Balaban J connectivity index is 2.31. The van der Waals surface area contributed by atoms with Gasteiger partial charge in [0.25, 0.3) is 0 Å². The summed E-state index contributed by atoms with van der Waals surface area (Å²) < 4.78 is 16.5. The zero-order valence-corrected chi connectivity index (χ0v) is 13.1. The fourth-order valence-corrected chi connectivity index (χ4v) is 2.50. The molecule has 0 bridgehead atoms. The van der Waals surface area contributed by atoms with Crippen molar-refractivity contribution in [1.29, 1.82) is 0 Å². The van der Waals surface area contributed by atoms with E-state index in [0.29, 0.717) is 13.2 Å². The van der Waals surface area contributed by atoms with Gasteiger partial charge < -0.3 is 19.2 Å². The van der Waals surface area contributed by atoms with Gasteiger partial charge in [-0.05, 0) is 33.0 Å². The van der Waals surface area contributed by atoms with Gasteiger partial charge in [0.2, 0.25) is 0 Å². The average Bonchev–Trinajstić information content (AvgIpc) is 2.80. The fourth-order valence-electron chi connectivity index (χ4n) is 2.50. The molecule has 114 valence electrons. The second-order valence-corrected chi connectivity index (χ2v) is 4.97. The minimum Gasteiger partial charge on any atom is -0.491 e. The zero-order chi connectivity index (χ0) is 15.2. The molecule has 1 heterocycles. The van der Waals surface area contributed by atoms with E-state index < -0.39 is 0 Å². The molecule has 0 spiro atoms. The predicted molar refractivity (Wildman–Crippen MR) is 82.9 cm³/mol. The lowest BCUT2D eigenvalue weighted by molar-refractivity contribution is 0.145. The van der Waals surface area contributed by atoms with Crippen molar-refractivity contribution in [2.45, 2.75) is 19.9 Å². The van der Waals surface area contributed by atoms with Crippen molar-refractivity contribution in [1.82, 2.24) is 5.32 Å². The molecule has 0 radical (unpaired) electrons. The lowest BCUT2D eigenvalue weighted by Gasteiger charge is -2.20. The summed E-state index contributed by atoms with van der Waals surface area (Å²) in [6.07, 6.45) is 0. The number of para-hydroxylation sites is 1. The van der Waals surface area contributed by atoms with Gasteiger partial charge in [0.15, 0.2) is 0 Å². The number of ether oxygens (including phenoxy) is 2. The number of hydrogen-bond acceptors (Lipinski definition) is 4. The first kappa shape index (κ1) is 15.6. The normalized spacial score (nSPS) is 12.4. The molecule has 0 aliphatic rings. The molecule has 1 atom stereocenters. The van der Waals surface area contributed by atoms with Gasteiger partial charge in [0, 0.05) is 18.2 Å². The second-order valence-electron chi connectivity index (χ2n) is 4.97. The Bertz CT molecular complexity index is 577. The molecule has 1 unspecified atom stereocenters. The highest BCUT2D eigenvalue weighted by molar-refractivity contribution is 5.42. The molecular formula is C17H23NO3. The van der Waals surface area contributed by atoms with E-state index in [4.69, 9.17) is 13.9 Å². The maximum absolute atomic E-state index is 5.83. The van der Waals surface area contributed by atoms with Crippen LogP contribution in [0.25, 0.3) is 0 Å². The van der Waals surface area contributed by atoms with Crippen molar-refractivity contribution in [3.05, 3.63) is 53.0 Å². The van der Waals surface area contributed by atoms with Crippen LogP contribution in [0.1, 0.15) is 28.7 Å². The van der Waals surface area contributed by atoms with Crippen LogP contribution in [0.2, 0.25) is 0 Å². The van der Waals surface area contributed by atoms with E-state index in [1.807, 2.05) is 39.1 Å². The van der Waals surface area contributed by atoms with E-state index >= 15 is 0 Å². The van der Waals surface area contributed by atoms with E-state index in [9.17, 15) is 0 Å². The highest BCUT2D eigenvalue weighted by atomic mass is 16.5. The van der Waals surface area contributed by atoms with E-state index in [-0.39, 0.29) is 6.04 Å². The highest BCUT2D eigenvalue weighted by Crippen LogP contribution is 2.32. The molecule has 4 nitrogen and oxygen atoms in total. The lowest BCUT2D eigenvalue weighted by atomic mass is 9.98. The van der Waals surface area contributed by atoms with Crippen molar-refractivity contribution in [2.24, 2.45) is 0 Å². The van der Waals surface area contributed by atoms with Crippen LogP contribution in [0.4, 0.5) is 0 Å². The Kier molecular flexibility index (Phi) is 5.42. The first-order chi connectivity index (χ1) is 10.2. The van der Waals surface area contributed by atoms with Gasteiger partial charge in [-0.3, -0.25) is 0 Å². The molecule has 1 aromatic carbocycles. The zero-order valence-electron chi connectivity index (χ0n) is 13.1. The molecule has 0 aliphatic carbocycles. The van der Waals surface area contributed by atoms with Crippen molar-refractivity contribution in [3.8, 4) is 5.75 Å². The van der Waals surface area contributed by atoms with Gasteiger partial charge in [0.1, 0.15) is 23.9 Å². The summed E-state index contributed by atoms with van der Waals surface area (Å²) in [6, 6.07) is 10.2. The average molecular weight is 289 g/mol. The summed E-state index contributed by atoms with van der Waals surface area (Å²) >= 11 is 0. The standard InChI is InChI=1S/C17H23NO3/c1-12-11-15(13(2)21-12)17(18-3)14-7-5-6-8-16(14)20-10-9-19-4/h5-8,11,17-18H,9-10H2,1-4H3. The highest BCUT2D eigenvalue weighted by Gasteiger charge is 2.20. The Morgan fingerprint density at radius 1 is 1.14 bits per heavy atom. The number of benzene rings is 1. The molecule has 1 N–H and O–H groups in total. The van der Waals surface area contributed by atoms with Gasteiger partial charge in [0.05, 0.1) is 12.6 Å². The SMILES string of the molecule is CNC(c1ccccc1OCCOC)c1cc(C)oc1C. The van der Waals surface area contributed by atoms with Crippen molar-refractivity contribution >= 4 is 0 Å². The van der Waals surface area contributed by atoms with Crippen LogP contribution in [0.15, 0.2) is 34.7 Å². The first-order valence-electron chi connectivity index (χ1n) is 7.12. The quantitative estimate of drug-likeness (QED) is 0.795. The molecule has 4 heteroatoms. The molecule has 0 amide bonds. The molecule has 0 fully saturated rings. The Hall–Kier alpha value is -1.78. The molecule has 1 aromatic heterocycles. The van der Waals surface area contributed by atoms with E-state index in [2.05, 4.69) is 17.4 Å². The van der Waals surface area contributed by atoms with Gasteiger partial charge in [-0.1, -0.05) is 18.2 Å². The van der Waals surface area contributed by atoms with Gasteiger partial charge >= 0.3 is 0 Å². The summed E-state index contributed by atoms with van der Waals surface area (Å²) in [6.45, 7) is 5.06. The number of methoxy groups -OCH3 is 1. The molecular weight excluding hydrogens is 266 g/mol. The molecule has 0 saturated heterocycles. The predicted octanol–water partition coefficient (Wildman–Crippen LogP) is 3.23. The van der Waals surface area contributed by atoms with Crippen LogP contribution < -0.4 is 10.1 Å². The number of rotatable bonds is 7. The Morgan fingerprint density at radius 3 is 2.52 bits per heavy atom. The first-order valence-corrected chi connectivity index (χ1v) is 7.12. The second kappa shape index (κ2) is 7.29. The van der Waals surface area contributed by atoms with E-state index in [0.717, 1.165) is 28.4 Å². The summed E-state index contributed by atoms with van der Waals surface area (Å²) in [5.74, 6) is 2.71. The summed E-state index contributed by atoms with van der Waals surface area (Å²) in [4.78, 5) is 0. The minimum atomic E-state index is 0.0428. The Labute approximate surface area is 126 Å². The molecule has 2 aromatic rings. The van der Waals surface area contributed by atoms with E-state index in [1.165, 1.54) is 0 Å². The van der Waals surface area contributed by atoms with Crippen molar-refractivity contribution < 1.29 is 13.9 Å². The molecule has 21 heavy (non-hydrogen) atoms. The summed E-state index contributed by atoms with van der Waals surface area (Å²) in [5, 5.41) is 3.35. The third-order valence-electron chi connectivity index (χ3n) is 3.45. The third kappa shape index (κ3) is 3.65. The maximum atomic E-state index is 5.83. The van der Waals surface area contributed by atoms with Crippen LogP contribution >= 0.6 is 0 Å². The number of furan rings is 1.